The minimum absolute atomic E-state index is 0.184. The number of hydrogen-bond donors (Lipinski definition) is 0. The third-order valence-electron chi connectivity index (χ3n) is 3.10. The van der Waals surface area contributed by atoms with Crippen LogP contribution in [0.1, 0.15) is 34.1 Å². The van der Waals surface area contributed by atoms with Crippen molar-refractivity contribution in [1.82, 2.24) is 0 Å². The number of carbonyl (C=O) groups excluding carboxylic acids is 1. The molecule has 0 unspecified atom stereocenters. The van der Waals surface area contributed by atoms with E-state index < -0.39 is 8.32 Å². The molecule has 0 spiro atoms. The zero-order chi connectivity index (χ0) is 13.5. The molecule has 100 valence electrons. The van der Waals surface area contributed by atoms with Crippen LogP contribution in [0.5, 0.6) is 0 Å². The Morgan fingerprint density at radius 2 is 1.82 bits per heavy atom. The zero-order valence-corrected chi connectivity index (χ0v) is 13.0. The average Bonchev–Trinajstić information content (AvgIpc) is 2.15. The topological polar surface area (TPSA) is 35.5 Å². The molecule has 0 aliphatic rings. The van der Waals surface area contributed by atoms with Crippen molar-refractivity contribution in [2.24, 2.45) is 0 Å². The van der Waals surface area contributed by atoms with Gasteiger partial charge in [-0.05, 0) is 25.1 Å². The molecule has 0 radical (unpaired) electrons. The van der Waals surface area contributed by atoms with Crippen molar-refractivity contribution in [3.8, 4) is 0 Å². The third-order valence-corrected chi connectivity index (χ3v) is 7.60. The predicted octanol–water partition coefficient (Wildman–Crippen LogP) is 3.52. The van der Waals surface area contributed by atoms with Crippen molar-refractivity contribution < 1.29 is 14.0 Å². The van der Waals surface area contributed by atoms with E-state index in [1.807, 2.05) is 19.1 Å². The van der Waals surface area contributed by atoms with E-state index in [2.05, 4.69) is 33.9 Å². The van der Waals surface area contributed by atoms with E-state index in [0.29, 0.717) is 19.6 Å². The molecule has 0 aromatic carbocycles. The monoisotopic (exact) mass is 258 g/mol. The van der Waals surface area contributed by atoms with Crippen LogP contribution in [0.25, 0.3) is 0 Å². The summed E-state index contributed by atoms with van der Waals surface area (Å²) in [4.78, 5) is 11.1. The van der Waals surface area contributed by atoms with Crippen molar-refractivity contribution in [2.75, 3.05) is 13.2 Å². The van der Waals surface area contributed by atoms with Gasteiger partial charge in [0.2, 0.25) is 0 Å². The van der Waals surface area contributed by atoms with Crippen molar-refractivity contribution >= 4 is 14.3 Å². The number of ether oxygens (including phenoxy) is 1. The van der Waals surface area contributed by atoms with Gasteiger partial charge >= 0.3 is 5.97 Å². The first-order valence-corrected chi connectivity index (χ1v) is 9.06. The molecule has 0 bridgehead atoms. The van der Waals surface area contributed by atoms with Crippen molar-refractivity contribution in [3.05, 3.63) is 12.2 Å². The lowest BCUT2D eigenvalue weighted by Crippen LogP contribution is -2.40. The molecule has 0 saturated heterocycles. The van der Waals surface area contributed by atoms with E-state index in [1.54, 1.807) is 0 Å². The van der Waals surface area contributed by atoms with Gasteiger partial charge in [-0.1, -0.05) is 32.9 Å². The Hall–Kier alpha value is -0.613. The first-order valence-electron chi connectivity index (χ1n) is 6.15. The fourth-order valence-corrected chi connectivity index (χ4v) is 1.89. The lowest BCUT2D eigenvalue weighted by Gasteiger charge is -2.35. The summed E-state index contributed by atoms with van der Waals surface area (Å²) in [5, 5.41) is 0.224. The van der Waals surface area contributed by atoms with Crippen LogP contribution in [-0.2, 0) is 14.0 Å². The molecule has 0 atom stereocenters. The van der Waals surface area contributed by atoms with Gasteiger partial charge in [-0.25, -0.2) is 0 Å². The van der Waals surface area contributed by atoms with E-state index in [4.69, 9.17) is 9.16 Å². The van der Waals surface area contributed by atoms with E-state index in [9.17, 15) is 4.79 Å². The molecular formula is C13H26O3Si. The van der Waals surface area contributed by atoms with E-state index >= 15 is 0 Å². The summed E-state index contributed by atoms with van der Waals surface area (Å²) >= 11 is 0. The summed E-state index contributed by atoms with van der Waals surface area (Å²) in [6.07, 6.45) is 4.04. The highest BCUT2D eigenvalue weighted by atomic mass is 28.4. The summed E-state index contributed by atoms with van der Waals surface area (Å²) in [6.45, 7) is 13.9. The second kappa shape index (κ2) is 6.96. The maximum absolute atomic E-state index is 11.1. The molecule has 0 aromatic heterocycles. The molecule has 0 amide bonds. The van der Waals surface area contributed by atoms with Crippen molar-refractivity contribution in [1.29, 1.82) is 0 Å². The Morgan fingerprint density at radius 1 is 1.24 bits per heavy atom. The van der Waals surface area contributed by atoms with Gasteiger partial charge in [-0.2, -0.15) is 0 Å². The lowest BCUT2D eigenvalue weighted by molar-refractivity contribution is -0.142. The quantitative estimate of drug-likeness (QED) is 0.415. The Bertz CT molecular complexity index is 264. The highest BCUT2D eigenvalue weighted by Crippen LogP contribution is 2.36. The van der Waals surface area contributed by atoms with Gasteiger partial charge < -0.3 is 9.16 Å². The van der Waals surface area contributed by atoms with Crippen LogP contribution in [0, 0.1) is 0 Å². The van der Waals surface area contributed by atoms with Crippen LogP contribution in [-0.4, -0.2) is 27.5 Å². The number of carbonyl (C=O) groups is 1. The Morgan fingerprint density at radius 3 is 2.29 bits per heavy atom. The summed E-state index contributed by atoms with van der Waals surface area (Å²) in [7, 11) is -1.66. The van der Waals surface area contributed by atoms with E-state index in [-0.39, 0.29) is 11.0 Å². The van der Waals surface area contributed by atoms with Crippen LogP contribution in [0.2, 0.25) is 18.1 Å². The molecular weight excluding hydrogens is 232 g/mol. The van der Waals surface area contributed by atoms with Gasteiger partial charge in [0, 0.05) is 0 Å². The fourth-order valence-electron chi connectivity index (χ4n) is 0.940. The summed E-state index contributed by atoms with van der Waals surface area (Å²) in [6, 6.07) is 0. The van der Waals surface area contributed by atoms with Gasteiger partial charge in [-0.3, -0.25) is 4.79 Å². The van der Waals surface area contributed by atoms with Crippen LogP contribution in [0.15, 0.2) is 12.2 Å². The smallest absolute Gasteiger partial charge is 0.309 e. The van der Waals surface area contributed by atoms with Crippen LogP contribution >= 0.6 is 0 Å². The van der Waals surface area contributed by atoms with Gasteiger partial charge in [0.05, 0.1) is 19.6 Å². The largest absolute Gasteiger partial charge is 0.466 e. The van der Waals surface area contributed by atoms with Crippen LogP contribution < -0.4 is 0 Å². The molecule has 0 rings (SSSR count). The molecule has 3 nitrogen and oxygen atoms in total. The number of rotatable bonds is 6. The molecule has 0 heterocycles. The molecule has 0 N–H and O–H groups in total. The maximum atomic E-state index is 11.1. The number of esters is 1. The first-order chi connectivity index (χ1) is 7.70. The molecule has 4 heteroatoms. The van der Waals surface area contributed by atoms with Crippen LogP contribution in [0.3, 0.4) is 0 Å². The van der Waals surface area contributed by atoms with Gasteiger partial charge in [0.15, 0.2) is 8.32 Å². The van der Waals surface area contributed by atoms with Gasteiger partial charge in [0.25, 0.3) is 0 Å². The summed E-state index contributed by atoms with van der Waals surface area (Å²) in [5.74, 6) is -0.184. The first kappa shape index (κ1) is 16.4. The SMILES string of the molecule is CCOC(=O)C/C=C\CO[Si](C)(C)C(C)(C)C. The van der Waals surface area contributed by atoms with E-state index in [0.717, 1.165) is 0 Å². The Labute approximate surface area is 106 Å². The second-order valence-electron chi connectivity index (χ2n) is 5.55. The highest BCUT2D eigenvalue weighted by molar-refractivity contribution is 6.74. The standard InChI is InChI=1S/C13H26O3Si/c1-7-15-12(14)10-8-9-11-16-17(5,6)13(2,3)4/h8-9H,7,10-11H2,1-6H3/b9-8-. The van der Waals surface area contributed by atoms with Gasteiger partial charge in [-0.15, -0.1) is 0 Å². The molecule has 0 saturated carbocycles. The summed E-state index contributed by atoms with van der Waals surface area (Å²) in [5.41, 5.74) is 0. The Kier molecular flexibility index (Phi) is 6.71. The molecule has 17 heavy (non-hydrogen) atoms. The highest BCUT2D eigenvalue weighted by Gasteiger charge is 2.36. The lowest BCUT2D eigenvalue weighted by atomic mass is 10.2. The van der Waals surface area contributed by atoms with E-state index in [1.165, 1.54) is 0 Å². The minimum Gasteiger partial charge on any atom is -0.466 e. The molecule has 0 aromatic rings. The third kappa shape index (κ3) is 6.63. The summed E-state index contributed by atoms with van der Waals surface area (Å²) < 4.78 is 10.8. The molecule has 0 aliphatic carbocycles. The Balaban J connectivity index is 3.92. The second-order valence-corrected chi connectivity index (χ2v) is 10.4. The molecule has 0 aliphatic heterocycles. The maximum Gasteiger partial charge on any atom is 0.309 e. The fraction of sp³-hybridized carbons (Fsp3) is 0.769. The minimum atomic E-state index is -1.66. The van der Waals surface area contributed by atoms with Crippen molar-refractivity contribution in [3.63, 3.8) is 0 Å². The number of hydrogen-bond acceptors (Lipinski definition) is 3. The predicted molar refractivity (Wildman–Crippen MR) is 73.5 cm³/mol. The zero-order valence-electron chi connectivity index (χ0n) is 12.0. The van der Waals surface area contributed by atoms with Gasteiger partial charge in [0.1, 0.15) is 0 Å². The van der Waals surface area contributed by atoms with Crippen LogP contribution in [0.4, 0.5) is 0 Å². The average molecular weight is 258 g/mol. The van der Waals surface area contributed by atoms with Crippen molar-refractivity contribution in [2.45, 2.75) is 52.2 Å². The molecule has 0 fully saturated rings. The normalized spacial score (nSPS) is 13.1.